The molecular formula is C16H15N3O. The number of benzene rings is 1. The number of anilines is 1. The Labute approximate surface area is 117 Å². The molecule has 4 heteroatoms. The minimum absolute atomic E-state index is 0.0798. The van der Waals surface area contributed by atoms with Crippen molar-refractivity contribution in [3.8, 4) is 11.4 Å². The largest absolute Gasteiger partial charge is 0.467 e. The Kier molecular flexibility index (Phi) is 3.46. The highest BCUT2D eigenvalue weighted by molar-refractivity contribution is 5.55. The van der Waals surface area contributed by atoms with Gasteiger partial charge in [0.1, 0.15) is 5.76 Å². The standard InChI is InChI=1S/C16H15N3O/c1-12(15-8-5-9-20-15)19-14-10-17-16(18-11-14)13-6-3-2-4-7-13/h2-12,19H,1H3. The van der Waals surface area contributed by atoms with Crippen molar-refractivity contribution in [3.63, 3.8) is 0 Å². The zero-order valence-corrected chi connectivity index (χ0v) is 11.2. The van der Waals surface area contributed by atoms with Crippen molar-refractivity contribution >= 4 is 5.69 Å². The van der Waals surface area contributed by atoms with E-state index in [4.69, 9.17) is 4.42 Å². The van der Waals surface area contributed by atoms with Gasteiger partial charge in [0.15, 0.2) is 5.82 Å². The summed E-state index contributed by atoms with van der Waals surface area (Å²) in [5, 5.41) is 3.30. The molecule has 0 spiro atoms. The lowest BCUT2D eigenvalue weighted by atomic mass is 10.2. The molecule has 0 radical (unpaired) electrons. The maximum atomic E-state index is 5.36. The molecule has 0 saturated heterocycles. The molecule has 0 amide bonds. The number of hydrogen-bond acceptors (Lipinski definition) is 4. The highest BCUT2D eigenvalue weighted by Crippen LogP contribution is 2.20. The smallest absolute Gasteiger partial charge is 0.159 e. The summed E-state index contributed by atoms with van der Waals surface area (Å²) in [5.41, 5.74) is 1.88. The summed E-state index contributed by atoms with van der Waals surface area (Å²) >= 11 is 0. The first kappa shape index (κ1) is 12.4. The van der Waals surface area contributed by atoms with E-state index in [2.05, 4.69) is 15.3 Å². The van der Waals surface area contributed by atoms with Crippen molar-refractivity contribution in [2.45, 2.75) is 13.0 Å². The molecule has 0 aliphatic carbocycles. The summed E-state index contributed by atoms with van der Waals surface area (Å²) in [6.45, 7) is 2.03. The van der Waals surface area contributed by atoms with Gasteiger partial charge in [-0.05, 0) is 19.1 Å². The van der Waals surface area contributed by atoms with E-state index in [-0.39, 0.29) is 6.04 Å². The van der Waals surface area contributed by atoms with Crippen molar-refractivity contribution in [2.24, 2.45) is 0 Å². The number of rotatable bonds is 4. The SMILES string of the molecule is CC(Nc1cnc(-c2ccccc2)nc1)c1ccco1. The van der Waals surface area contributed by atoms with E-state index in [1.54, 1.807) is 18.7 Å². The quantitative estimate of drug-likeness (QED) is 0.777. The van der Waals surface area contributed by atoms with E-state index in [1.165, 1.54) is 0 Å². The first-order valence-electron chi connectivity index (χ1n) is 6.50. The Morgan fingerprint density at radius 3 is 2.40 bits per heavy atom. The summed E-state index contributed by atoms with van der Waals surface area (Å²) in [7, 11) is 0. The van der Waals surface area contributed by atoms with Crippen LogP contribution in [0.3, 0.4) is 0 Å². The van der Waals surface area contributed by atoms with Crippen molar-refractivity contribution in [1.82, 2.24) is 9.97 Å². The molecule has 0 bridgehead atoms. The Bertz CT molecular complexity index is 648. The number of nitrogens with one attached hydrogen (secondary N) is 1. The zero-order chi connectivity index (χ0) is 13.8. The Morgan fingerprint density at radius 1 is 1.00 bits per heavy atom. The molecule has 0 aliphatic heterocycles. The molecule has 20 heavy (non-hydrogen) atoms. The highest BCUT2D eigenvalue weighted by atomic mass is 16.3. The minimum atomic E-state index is 0.0798. The molecule has 1 unspecified atom stereocenters. The Morgan fingerprint density at radius 2 is 1.75 bits per heavy atom. The van der Waals surface area contributed by atoms with E-state index < -0.39 is 0 Å². The second-order valence-electron chi connectivity index (χ2n) is 4.54. The van der Waals surface area contributed by atoms with E-state index in [9.17, 15) is 0 Å². The van der Waals surface area contributed by atoms with Gasteiger partial charge in [-0.1, -0.05) is 30.3 Å². The van der Waals surface area contributed by atoms with Crippen LogP contribution in [0.5, 0.6) is 0 Å². The lowest BCUT2D eigenvalue weighted by molar-refractivity contribution is 0.490. The van der Waals surface area contributed by atoms with Crippen LogP contribution in [0.2, 0.25) is 0 Å². The van der Waals surface area contributed by atoms with E-state index >= 15 is 0 Å². The van der Waals surface area contributed by atoms with Gasteiger partial charge in [0.25, 0.3) is 0 Å². The van der Waals surface area contributed by atoms with Crippen LogP contribution in [0.1, 0.15) is 18.7 Å². The summed E-state index contributed by atoms with van der Waals surface area (Å²) in [5.74, 6) is 1.61. The highest BCUT2D eigenvalue weighted by Gasteiger charge is 2.08. The van der Waals surface area contributed by atoms with Crippen LogP contribution in [-0.4, -0.2) is 9.97 Å². The van der Waals surface area contributed by atoms with Crippen LogP contribution in [0.25, 0.3) is 11.4 Å². The van der Waals surface area contributed by atoms with Crippen molar-refractivity contribution in [1.29, 1.82) is 0 Å². The lowest BCUT2D eigenvalue weighted by Crippen LogP contribution is -2.06. The zero-order valence-electron chi connectivity index (χ0n) is 11.2. The molecule has 0 fully saturated rings. The van der Waals surface area contributed by atoms with Gasteiger partial charge in [-0.15, -0.1) is 0 Å². The molecule has 2 heterocycles. The molecule has 4 nitrogen and oxygen atoms in total. The Balaban J connectivity index is 1.74. The van der Waals surface area contributed by atoms with Crippen LogP contribution in [0, 0.1) is 0 Å². The molecule has 3 rings (SSSR count). The average molecular weight is 265 g/mol. The fraction of sp³-hybridized carbons (Fsp3) is 0.125. The van der Waals surface area contributed by atoms with Crippen LogP contribution in [0.4, 0.5) is 5.69 Å². The van der Waals surface area contributed by atoms with Crippen LogP contribution < -0.4 is 5.32 Å². The van der Waals surface area contributed by atoms with Gasteiger partial charge in [-0.2, -0.15) is 0 Å². The molecule has 0 aliphatic rings. The maximum absolute atomic E-state index is 5.36. The average Bonchev–Trinajstić information content (AvgIpc) is 3.03. The van der Waals surface area contributed by atoms with E-state index in [1.807, 2.05) is 49.4 Å². The second-order valence-corrected chi connectivity index (χ2v) is 4.54. The van der Waals surface area contributed by atoms with Crippen LogP contribution in [-0.2, 0) is 0 Å². The molecule has 3 aromatic rings. The first-order valence-corrected chi connectivity index (χ1v) is 6.50. The Hall–Kier alpha value is -2.62. The summed E-state index contributed by atoms with van der Waals surface area (Å²) < 4.78 is 5.36. The third-order valence-corrected chi connectivity index (χ3v) is 3.04. The number of aromatic nitrogens is 2. The minimum Gasteiger partial charge on any atom is -0.467 e. The van der Waals surface area contributed by atoms with Gasteiger partial charge in [-0.3, -0.25) is 0 Å². The van der Waals surface area contributed by atoms with Crippen molar-refractivity contribution in [3.05, 3.63) is 66.9 Å². The summed E-state index contributed by atoms with van der Waals surface area (Å²) in [6, 6.07) is 13.8. The predicted molar refractivity (Wildman–Crippen MR) is 78.2 cm³/mol. The molecule has 100 valence electrons. The fourth-order valence-corrected chi connectivity index (χ4v) is 2.00. The van der Waals surface area contributed by atoms with Crippen LogP contribution >= 0.6 is 0 Å². The third-order valence-electron chi connectivity index (χ3n) is 3.04. The maximum Gasteiger partial charge on any atom is 0.159 e. The summed E-state index contributed by atoms with van der Waals surface area (Å²) in [4.78, 5) is 8.76. The molecule has 1 aromatic carbocycles. The van der Waals surface area contributed by atoms with Gasteiger partial charge in [0.05, 0.1) is 30.4 Å². The van der Waals surface area contributed by atoms with Crippen LogP contribution in [0.15, 0.2) is 65.5 Å². The molecule has 2 aromatic heterocycles. The van der Waals surface area contributed by atoms with Crippen molar-refractivity contribution in [2.75, 3.05) is 5.32 Å². The number of furan rings is 1. The topological polar surface area (TPSA) is 51.0 Å². The number of hydrogen-bond donors (Lipinski definition) is 1. The normalized spacial score (nSPS) is 12.1. The van der Waals surface area contributed by atoms with Gasteiger partial charge in [0, 0.05) is 5.56 Å². The molecule has 1 N–H and O–H groups in total. The first-order chi connectivity index (χ1) is 9.83. The number of nitrogens with zero attached hydrogens (tertiary/aromatic N) is 2. The van der Waals surface area contributed by atoms with Crippen molar-refractivity contribution < 1.29 is 4.42 Å². The lowest BCUT2D eigenvalue weighted by Gasteiger charge is -2.12. The van der Waals surface area contributed by atoms with E-state index in [0.29, 0.717) is 0 Å². The predicted octanol–water partition coefficient (Wildman–Crippen LogP) is 3.91. The van der Waals surface area contributed by atoms with Gasteiger partial charge >= 0.3 is 0 Å². The van der Waals surface area contributed by atoms with E-state index in [0.717, 1.165) is 22.8 Å². The summed E-state index contributed by atoms with van der Waals surface area (Å²) in [6.07, 6.45) is 5.24. The second kappa shape index (κ2) is 5.57. The molecular weight excluding hydrogens is 250 g/mol. The monoisotopic (exact) mass is 265 g/mol. The van der Waals surface area contributed by atoms with Gasteiger partial charge < -0.3 is 9.73 Å². The fourth-order valence-electron chi connectivity index (χ4n) is 2.00. The van der Waals surface area contributed by atoms with Gasteiger partial charge in [-0.25, -0.2) is 9.97 Å². The molecule has 0 saturated carbocycles. The molecule has 1 atom stereocenters. The third kappa shape index (κ3) is 2.69. The van der Waals surface area contributed by atoms with Gasteiger partial charge in [0.2, 0.25) is 0 Å².